The summed E-state index contributed by atoms with van der Waals surface area (Å²) in [7, 11) is 1.42. The second-order valence-electron chi connectivity index (χ2n) is 3.18. The molecular formula is C7H13NO6. The molecule has 1 aliphatic rings. The van der Waals surface area contributed by atoms with Crippen LogP contribution in [0.4, 0.5) is 0 Å². The van der Waals surface area contributed by atoms with Crippen molar-refractivity contribution in [2.75, 3.05) is 7.11 Å². The van der Waals surface area contributed by atoms with Crippen molar-refractivity contribution in [2.24, 2.45) is 5.92 Å². The summed E-state index contributed by atoms with van der Waals surface area (Å²) in [5, 5.41) is 25.1. The van der Waals surface area contributed by atoms with Gasteiger partial charge in [-0.15, -0.1) is 0 Å². The number of nitrogens with zero attached hydrogens (tertiary/aromatic N) is 1. The molecular weight excluding hydrogens is 194 g/mol. The molecule has 0 aromatic rings. The molecule has 1 rings (SSSR count). The van der Waals surface area contributed by atoms with Crippen LogP contribution in [0.25, 0.3) is 0 Å². The zero-order valence-electron chi connectivity index (χ0n) is 7.66. The third-order valence-corrected chi connectivity index (χ3v) is 2.33. The number of carboxylic acids is 1. The Balaban J connectivity index is 2.53. The highest BCUT2D eigenvalue weighted by molar-refractivity contribution is 5.70. The summed E-state index contributed by atoms with van der Waals surface area (Å²) in [5.74, 6) is -1.49. The first-order valence-electron chi connectivity index (χ1n) is 4.14. The summed E-state index contributed by atoms with van der Waals surface area (Å²) in [5.41, 5.74) is 0. The van der Waals surface area contributed by atoms with E-state index in [1.54, 1.807) is 0 Å². The van der Waals surface area contributed by atoms with Gasteiger partial charge < -0.3 is 9.84 Å². The third-order valence-electron chi connectivity index (χ3n) is 2.33. The molecule has 1 fully saturated rings. The lowest BCUT2D eigenvalue weighted by Crippen LogP contribution is -2.31. The van der Waals surface area contributed by atoms with Gasteiger partial charge in [0, 0.05) is 7.11 Å². The topological polar surface area (TPSA) is 99.5 Å². The normalized spacial score (nSPS) is 32.4. The highest BCUT2D eigenvalue weighted by Crippen LogP contribution is 2.30. The highest BCUT2D eigenvalue weighted by Gasteiger charge is 2.40. The minimum absolute atomic E-state index is 0.200. The molecule has 0 aromatic carbocycles. The average Bonchev–Trinajstić information content (AvgIpc) is 2.46. The van der Waals surface area contributed by atoms with Crippen molar-refractivity contribution in [3.05, 3.63) is 0 Å². The van der Waals surface area contributed by atoms with Gasteiger partial charge in [0.15, 0.2) is 0 Å². The van der Waals surface area contributed by atoms with Gasteiger partial charge in [-0.3, -0.25) is 15.2 Å². The van der Waals surface area contributed by atoms with Crippen LogP contribution in [0.1, 0.15) is 12.8 Å². The Hall–Kier alpha value is -0.730. The number of ether oxygens (including phenoxy) is 1. The minimum atomic E-state index is -0.930. The Kier molecular flexibility index (Phi) is 3.78. The van der Waals surface area contributed by atoms with Gasteiger partial charge in [-0.05, 0) is 12.8 Å². The van der Waals surface area contributed by atoms with Crippen LogP contribution in [0.5, 0.6) is 0 Å². The van der Waals surface area contributed by atoms with Crippen molar-refractivity contribution in [1.29, 1.82) is 0 Å². The molecule has 0 unspecified atom stereocenters. The molecule has 0 aliphatic heterocycles. The first-order chi connectivity index (χ1) is 6.54. The quantitative estimate of drug-likeness (QED) is 0.552. The predicted molar refractivity (Wildman–Crippen MR) is 41.4 cm³/mol. The van der Waals surface area contributed by atoms with E-state index in [9.17, 15) is 4.79 Å². The molecule has 0 radical (unpaired) electrons. The molecule has 0 bridgehead atoms. The predicted octanol–water partition coefficient (Wildman–Crippen LogP) is -0.123. The van der Waals surface area contributed by atoms with Crippen LogP contribution in [0, 0.1) is 5.92 Å². The van der Waals surface area contributed by atoms with Gasteiger partial charge in [-0.1, -0.05) is 0 Å². The Labute approximate surface area is 80.3 Å². The Morgan fingerprint density at radius 1 is 1.36 bits per heavy atom. The van der Waals surface area contributed by atoms with E-state index in [1.807, 2.05) is 0 Å². The molecule has 1 saturated carbocycles. The zero-order valence-corrected chi connectivity index (χ0v) is 7.66. The number of hydrogen-bond donors (Lipinski definition) is 3. The minimum Gasteiger partial charge on any atom is -0.481 e. The molecule has 14 heavy (non-hydrogen) atoms. The maximum Gasteiger partial charge on any atom is 0.306 e. The number of aliphatic carboxylic acids is 1. The third kappa shape index (κ3) is 2.63. The fraction of sp³-hybridized carbons (Fsp3) is 0.857. The monoisotopic (exact) mass is 207 g/mol. The van der Waals surface area contributed by atoms with Crippen molar-refractivity contribution >= 4 is 5.97 Å². The molecule has 3 atom stereocenters. The number of rotatable bonds is 4. The summed E-state index contributed by atoms with van der Waals surface area (Å²) < 4.78 is 4.97. The average molecular weight is 207 g/mol. The molecule has 7 nitrogen and oxygen atoms in total. The molecule has 0 aromatic heterocycles. The molecule has 0 heterocycles. The molecule has 0 spiro atoms. The molecule has 3 N–H and O–H groups in total. The first-order valence-corrected chi connectivity index (χ1v) is 4.14. The van der Waals surface area contributed by atoms with Gasteiger partial charge in [-0.2, -0.15) is 0 Å². The zero-order chi connectivity index (χ0) is 10.7. The summed E-state index contributed by atoms with van der Waals surface area (Å²) in [6.45, 7) is 0. The number of carbonyl (C=O) groups is 1. The van der Waals surface area contributed by atoms with E-state index in [2.05, 4.69) is 4.84 Å². The van der Waals surface area contributed by atoms with E-state index in [4.69, 9.17) is 20.3 Å². The maximum atomic E-state index is 10.6. The SMILES string of the molecule is CO[C@H]1C[C@H](C(=O)O)C[C@H]1ON(O)O. The van der Waals surface area contributed by atoms with Gasteiger partial charge in [0.2, 0.25) is 0 Å². The van der Waals surface area contributed by atoms with Crippen LogP contribution in [-0.4, -0.2) is 46.2 Å². The summed E-state index contributed by atoms with van der Waals surface area (Å²) >= 11 is 0. The molecule has 1 aliphatic carbocycles. The smallest absolute Gasteiger partial charge is 0.306 e. The highest BCUT2D eigenvalue weighted by atomic mass is 17.1. The van der Waals surface area contributed by atoms with Crippen molar-refractivity contribution in [3.8, 4) is 0 Å². The largest absolute Gasteiger partial charge is 0.481 e. The first kappa shape index (κ1) is 11.3. The summed E-state index contributed by atoms with van der Waals surface area (Å²) in [6, 6.07) is 0. The van der Waals surface area contributed by atoms with Crippen LogP contribution in [0.3, 0.4) is 0 Å². The fourth-order valence-electron chi connectivity index (χ4n) is 1.64. The van der Waals surface area contributed by atoms with Gasteiger partial charge in [0.25, 0.3) is 0 Å². The van der Waals surface area contributed by atoms with Crippen molar-refractivity contribution in [2.45, 2.75) is 25.0 Å². The van der Waals surface area contributed by atoms with Crippen LogP contribution in [0.15, 0.2) is 0 Å². The van der Waals surface area contributed by atoms with E-state index in [0.717, 1.165) is 0 Å². The lowest BCUT2D eigenvalue weighted by Gasteiger charge is -2.18. The van der Waals surface area contributed by atoms with E-state index in [1.165, 1.54) is 7.11 Å². The fourth-order valence-corrected chi connectivity index (χ4v) is 1.64. The molecule has 0 amide bonds. The lowest BCUT2D eigenvalue weighted by atomic mass is 10.1. The molecule has 7 heteroatoms. The molecule has 82 valence electrons. The number of hydrogen-bond acceptors (Lipinski definition) is 6. The van der Waals surface area contributed by atoms with Crippen molar-refractivity contribution < 1.29 is 29.9 Å². The lowest BCUT2D eigenvalue weighted by molar-refractivity contribution is -0.507. The summed E-state index contributed by atoms with van der Waals surface area (Å²) in [6.07, 6.45) is -0.565. The van der Waals surface area contributed by atoms with E-state index < -0.39 is 29.5 Å². The summed E-state index contributed by atoms with van der Waals surface area (Å²) in [4.78, 5) is 15.2. The van der Waals surface area contributed by atoms with E-state index in [-0.39, 0.29) is 6.42 Å². The van der Waals surface area contributed by atoms with Gasteiger partial charge in [0.1, 0.15) is 6.10 Å². The van der Waals surface area contributed by atoms with Gasteiger partial charge in [0.05, 0.1) is 17.4 Å². The van der Waals surface area contributed by atoms with Gasteiger partial charge in [-0.25, -0.2) is 4.84 Å². The maximum absolute atomic E-state index is 10.6. The molecule has 0 saturated heterocycles. The number of carboxylic acid groups (broad SMARTS) is 1. The van der Waals surface area contributed by atoms with E-state index >= 15 is 0 Å². The van der Waals surface area contributed by atoms with Crippen molar-refractivity contribution in [3.63, 3.8) is 0 Å². The van der Waals surface area contributed by atoms with Gasteiger partial charge >= 0.3 is 5.97 Å². The van der Waals surface area contributed by atoms with Crippen LogP contribution in [0.2, 0.25) is 0 Å². The standard InChI is InChI=1S/C7H13NO6/c1-13-5-2-4(7(9)10)3-6(5)14-8(11)12/h4-6,11-12H,2-3H2,1H3,(H,9,10)/t4-,5-,6+/m0/s1. The Morgan fingerprint density at radius 3 is 2.36 bits per heavy atom. The van der Waals surface area contributed by atoms with Crippen LogP contribution in [-0.2, 0) is 14.4 Å². The number of methoxy groups -OCH3 is 1. The van der Waals surface area contributed by atoms with Crippen LogP contribution < -0.4 is 0 Å². The second kappa shape index (κ2) is 4.67. The Bertz CT molecular complexity index is 208. The van der Waals surface area contributed by atoms with Crippen molar-refractivity contribution in [1.82, 2.24) is 5.39 Å². The Morgan fingerprint density at radius 2 is 1.93 bits per heavy atom. The van der Waals surface area contributed by atoms with Crippen LogP contribution >= 0.6 is 0 Å². The second-order valence-corrected chi connectivity index (χ2v) is 3.18. The van der Waals surface area contributed by atoms with E-state index in [0.29, 0.717) is 6.42 Å².